The van der Waals surface area contributed by atoms with E-state index < -0.39 is 0 Å². The van der Waals surface area contributed by atoms with Gasteiger partial charge in [-0.05, 0) is 48.0 Å². The molecule has 0 saturated carbocycles. The van der Waals surface area contributed by atoms with Gasteiger partial charge in [-0.3, -0.25) is 0 Å². The van der Waals surface area contributed by atoms with Crippen LogP contribution in [0.1, 0.15) is 12.5 Å². The van der Waals surface area contributed by atoms with Crippen molar-refractivity contribution in [3.63, 3.8) is 0 Å². The van der Waals surface area contributed by atoms with Crippen LogP contribution in [0.5, 0.6) is 0 Å². The smallest absolute Gasteiger partial charge is 0.166 e. The molecule has 2 N–H and O–H groups in total. The highest BCUT2D eigenvalue weighted by Gasteiger charge is 2.05. The van der Waals surface area contributed by atoms with Crippen molar-refractivity contribution in [1.29, 1.82) is 0 Å². The first kappa shape index (κ1) is 13.4. The Bertz CT molecular complexity index is 301. The van der Waals surface area contributed by atoms with Gasteiger partial charge in [-0.15, -0.1) is 0 Å². The number of thiophene rings is 1. The van der Waals surface area contributed by atoms with Crippen molar-refractivity contribution in [2.75, 3.05) is 20.3 Å². The molecule has 1 rings (SSSR count). The van der Waals surface area contributed by atoms with Gasteiger partial charge in [0.2, 0.25) is 0 Å². The first-order chi connectivity index (χ1) is 7.72. The van der Waals surface area contributed by atoms with Crippen LogP contribution < -0.4 is 10.6 Å². The molecular weight excluding hydrogens is 240 g/mol. The number of rotatable bonds is 6. The lowest BCUT2D eigenvalue weighted by Gasteiger charge is -2.16. The number of nitrogens with one attached hydrogen (secondary N) is 2. The zero-order valence-electron chi connectivity index (χ0n) is 9.66. The van der Waals surface area contributed by atoms with Gasteiger partial charge in [-0.2, -0.15) is 11.3 Å². The first-order valence-electron chi connectivity index (χ1n) is 5.26. The summed E-state index contributed by atoms with van der Waals surface area (Å²) in [5, 5.41) is 11.3. The van der Waals surface area contributed by atoms with Crippen LogP contribution in [0.25, 0.3) is 0 Å². The molecule has 1 atom stereocenters. The van der Waals surface area contributed by atoms with E-state index in [1.165, 1.54) is 5.56 Å². The maximum absolute atomic E-state index is 5.16. The van der Waals surface area contributed by atoms with Crippen molar-refractivity contribution >= 4 is 28.7 Å². The molecule has 0 radical (unpaired) electrons. The van der Waals surface area contributed by atoms with Gasteiger partial charge in [-0.25, -0.2) is 0 Å². The third kappa shape index (κ3) is 5.44. The molecule has 1 aromatic rings. The monoisotopic (exact) mass is 258 g/mol. The van der Waals surface area contributed by atoms with Gasteiger partial charge in [0.05, 0.1) is 6.61 Å². The predicted molar refractivity (Wildman–Crippen MR) is 73.1 cm³/mol. The van der Waals surface area contributed by atoms with Crippen molar-refractivity contribution in [3.05, 3.63) is 22.4 Å². The van der Waals surface area contributed by atoms with Crippen molar-refractivity contribution in [3.8, 4) is 0 Å². The second kappa shape index (κ2) is 7.60. The van der Waals surface area contributed by atoms with Gasteiger partial charge in [0, 0.05) is 19.7 Å². The molecule has 1 unspecified atom stereocenters. The molecule has 16 heavy (non-hydrogen) atoms. The molecule has 0 bridgehead atoms. The third-order valence-electron chi connectivity index (χ3n) is 2.09. The minimum atomic E-state index is 0.345. The predicted octanol–water partition coefficient (Wildman–Crippen LogP) is 1.79. The van der Waals surface area contributed by atoms with E-state index in [1.807, 2.05) is 0 Å². The molecule has 0 amide bonds. The summed E-state index contributed by atoms with van der Waals surface area (Å²) in [5.41, 5.74) is 1.35. The molecule has 0 spiro atoms. The Hall–Kier alpha value is -0.650. The van der Waals surface area contributed by atoms with Crippen LogP contribution in [-0.4, -0.2) is 31.4 Å². The molecule has 0 saturated heterocycles. The third-order valence-corrected chi connectivity index (χ3v) is 3.09. The highest BCUT2D eigenvalue weighted by Crippen LogP contribution is 2.08. The van der Waals surface area contributed by atoms with Gasteiger partial charge < -0.3 is 15.4 Å². The largest absolute Gasteiger partial charge is 0.383 e. The van der Waals surface area contributed by atoms with E-state index in [4.69, 9.17) is 17.0 Å². The Kier molecular flexibility index (Phi) is 6.37. The molecule has 0 aliphatic rings. The van der Waals surface area contributed by atoms with Crippen LogP contribution in [0.15, 0.2) is 16.8 Å². The molecule has 0 fully saturated rings. The highest BCUT2D eigenvalue weighted by molar-refractivity contribution is 7.80. The van der Waals surface area contributed by atoms with Crippen LogP contribution in [0.3, 0.4) is 0 Å². The van der Waals surface area contributed by atoms with Crippen LogP contribution >= 0.6 is 23.6 Å². The lowest BCUT2D eigenvalue weighted by Crippen LogP contribution is -2.42. The second-order valence-corrected chi connectivity index (χ2v) is 4.82. The standard InChI is InChI=1S/C11H18N2OS2/c1-9(7-10-3-6-16-8-10)13-11(15)12-4-5-14-2/h3,6,8-9H,4-5,7H2,1-2H3,(H2,12,13,15). The summed E-state index contributed by atoms with van der Waals surface area (Å²) in [6, 6.07) is 2.49. The van der Waals surface area contributed by atoms with Gasteiger partial charge in [0.25, 0.3) is 0 Å². The van der Waals surface area contributed by atoms with E-state index in [0.29, 0.717) is 17.8 Å². The van der Waals surface area contributed by atoms with Crippen LogP contribution in [0.4, 0.5) is 0 Å². The molecule has 1 aromatic heterocycles. The minimum Gasteiger partial charge on any atom is -0.383 e. The molecule has 0 aromatic carbocycles. The minimum absolute atomic E-state index is 0.345. The zero-order valence-corrected chi connectivity index (χ0v) is 11.3. The average molecular weight is 258 g/mol. The van der Waals surface area contributed by atoms with Gasteiger partial charge >= 0.3 is 0 Å². The highest BCUT2D eigenvalue weighted by atomic mass is 32.1. The lowest BCUT2D eigenvalue weighted by atomic mass is 10.1. The number of hydrogen-bond donors (Lipinski definition) is 2. The summed E-state index contributed by atoms with van der Waals surface area (Å²) in [5.74, 6) is 0. The Labute approximate surface area is 106 Å². The Balaban J connectivity index is 2.18. The van der Waals surface area contributed by atoms with Crippen molar-refractivity contribution in [1.82, 2.24) is 10.6 Å². The maximum atomic E-state index is 5.16. The molecule has 90 valence electrons. The van der Waals surface area contributed by atoms with Gasteiger partial charge in [0.1, 0.15) is 0 Å². The molecular formula is C11H18N2OS2. The number of ether oxygens (including phenoxy) is 1. The fourth-order valence-corrected chi connectivity index (χ4v) is 2.34. The van der Waals surface area contributed by atoms with E-state index in [2.05, 4.69) is 34.4 Å². The molecule has 5 heteroatoms. The molecule has 0 aliphatic carbocycles. The van der Waals surface area contributed by atoms with E-state index in [0.717, 1.165) is 13.0 Å². The summed E-state index contributed by atoms with van der Waals surface area (Å²) >= 11 is 6.89. The quantitative estimate of drug-likeness (QED) is 0.602. The number of hydrogen-bond acceptors (Lipinski definition) is 3. The second-order valence-electron chi connectivity index (χ2n) is 3.63. The van der Waals surface area contributed by atoms with Crippen LogP contribution in [0, 0.1) is 0 Å². The van der Waals surface area contributed by atoms with Crippen LogP contribution in [-0.2, 0) is 11.2 Å². The van der Waals surface area contributed by atoms with Crippen molar-refractivity contribution < 1.29 is 4.74 Å². The van der Waals surface area contributed by atoms with Crippen molar-refractivity contribution in [2.45, 2.75) is 19.4 Å². The zero-order chi connectivity index (χ0) is 11.8. The van der Waals surface area contributed by atoms with E-state index in [1.54, 1.807) is 18.4 Å². The number of thiocarbonyl (C=S) groups is 1. The molecule has 0 aliphatic heterocycles. The number of methoxy groups -OCH3 is 1. The fraction of sp³-hybridized carbons (Fsp3) is 0.545. The first-order valence-corrected chi connectivity index (χ1v) is 6.62. The molecule has 1 heterocycles. The van der Waals surface area contributed by atoms with Gasteiger partial charge in [-0.1, -0.05) is 0 Å². The lowest BCUT2D eigenvalue weighted by molar-refractivity contribution is 0.204. The Morgan fingerprint density at radius 1 is 1.62 bits per heavy atom. The SMILES string of the molecule is COCCNC(=S)NC(C)Cc1ccsc1. The normalized spacial score (nSPS) is 12.1. The Morgan fingerprint density at radius 3 is 3.06 bits per heavy atom. The maximum Gasteiger partial charge on any atom is 0.166 e. The van der Waals surface area contributed by atoms with E-state index >= 15 is 0 Å². The van der Waals surface area contributed by atoms with Gasteiger partial charge in [0.15, 0.2) is 5.11 Å². The summed E-state index contributed by atoms with van der Waals surface area (Å²) < 4.78 is 4.93. The molecule has 3 nitrogen and oxygen atoms in total. The van der Waals surface area contributed by atoms with Crippen molar-refractivity contribution in [2.24, 2.45) is 0 Å². The summed E-state index contributed by atoms with van der Waals surface area (Å²) in [7, 11) is 1.68. The van der Waals surface area contributed by atoms with Crippen LogP contribution in [0.2, 0.25) is 0 Å². The van der Waals surface area contributed by atoms with E-state index in [-0.39, 0.29) is 0 Å². The van der Waals surface area contributed by atoms with E-state index in [9.17, 15) is 0 Å². The topological polar surface area (TPSA) is 33.3 Å². The summed E-state index contributed by atoms with van der Waals surface area (Å²) in [6.07, 6.45) is 0.996. The summed E-state index contributed by atoms with van der Waals surface area (Å²) in [6.45, 7) is 3.54. The average Bonchev–Trinajstić information content (AvgIpc) is 2.70. The fourth-order valence-electron chi connectivity index (χ4n) is 1.35. The summed E-state index contributed by atoms with van der Waals surface area (Å²) in [4.78, 5) is 0. The Morgan fingerprint density at radius 2 is 2.44 bits per heavy atom.